The van der Waals surface area contributed by atoms with Crippen molar-refractivity contribution in [3.05, 3.63) is 69.8 Å². The van der Waals surface area contributed by atoms with Crippen LogP contribution in [0.3, 0.4) is 0 Å². The molecule has 0 fully saturated rings. The molecule has 1 N–H and O–H groups in total. The van der Waals surface area contributed by atoms with Gasteiger partial charge in [0, 0.05) is 11.1 Å². The van der Waals surface area contributed by atoms with Crippen LogP contribution in [0.25, 0.3) is 11.1 Å². The first kappa shape index (κ1) is 18.7. The number of ether oxygens (including phenoxy) is 1. The van der Waals surface area contributed by atoms with E-state index in [4.69, 9.17) is 16.3 Å². The highest BCUT2D eigenvalue weighted by molar-refractivity contribution is 7.21. The molecule has 1 aliphatic rings. The molecule has 142 valence electrons. The number of nitrogens with one attached hydrogen (secondary N) is 1. The van der Waals surface area contributed by atoms with E-state index in [-0.39, 0.29) is 5.56 Å². The monoisotopic (exact) mass is 415 g/mol. The van der Waals surface area contributed by atoms with Crippen LogP contribution < -0.4 is 10.1 Å². The van der Waals surface area contributed by atoms with E-state index < -0.39 is 22.9 Å². The van der Waals surface area contributed by atoms with E-state index in [0.717, 1.165) is 11.3 Å². The van der Waals surface area contributed by atoms with Crippen LogP contribution in [0.2, 0.25) is 4.34 Å². The van der Waals surface area contributed by atoms with E-state index in [1.165, 1.54) is 25.1 Å². The number of amides is 1. The number of hydrogen-bond acceptors (Lipinski definition) is 4. The second kappa shape index (κ2) is 6.72. The van der Waals surface area contributed by atoms with Crippen molar-refractivity contribution in [1.82, 2.24) is 0 Å². The number of Topliss-reactive ketones (excluding diaryl/α,β-unsaturated/α-hetero) is 1. The van der Waals surface area contributed by atoms with Crippen LogP contribution in [0, 0.1) is 5.82 Å². The molecule has 28 heavy (non-hydrogen) atoms. The zero-order chi connectivity index (χ0) is 20.1. The molecule has 3 aromatic rings. The zero-order valence-corrected chi connectivity index (χ0v) is 16.6. The Balaban J connectivity index is 1.91. The lowest BCUT2D eigenvalue weighted by atomic mass is 9.72. The minimum Gasteiger partial charge on any atom is -0.497 e. The summed E-state index contributed by atoms with van der Waals surface area (Å²) in [7, 11) is 1.56. The number of hydrogen-bond donors (Lipinski definition) is 1. The van der Waals surface area contributed by atoms with Gasteiger partial charge < -0.3 is 10.1 Å². The van der Waals surface area contributed by atoms with E-state index in [2.05, 4.69) is 5.32 Å². The van der Waals surface area contributed by atoms with Gasteiger partial charge in [-0.05, 0) is 30.7 Å². The number of carbonyl (C=O) groups is 2. The largest absolute Gasteiger partial charge is 0.497 e. The molecule has 0 spiro atoms. The van der Waals surface area contributed by atoms with Crippen LogP contribution in [-0.4, -0.2) is 18.8 Å². The molecule has 1 amide bonds. The third-order valence-electron chi connectivity index (χ3n) is 5.02. The molecule has 1 aliphatic heterocycles. The van der Waals surface area contributed by atoms with Crippen molar-refractivity contribution in [2.45, 2.75) is 12.3 Å². The zero-order valence-electron chi connectivity index (χ0n) is 15.0. The maximum absolute atomic E-state index is 14.5. The minimum atomic E-state index is -1.69. The Morgan fingerprint density at radius 2 is 1.75 bits per heavy atom. The lowest BCUT2D eigenvalue weighted by Crippen LogP contribution is -2.48. The smallest absolute Gasteiger partial charge is 0.243 e. The van der Waals surface area contributed by atoms with Crippen molar-refractivity contribution >= 4 is 39.6 Å². The van der Waals surface area contributed by atoms with Crippen LogP contribution in [0.5, 0.6) is 5.75 Å². The number of ketones is 1. The Kier molecular flexibility index (Phi) is 4.48. The van der Waals surface area contributed by atoms with Crippen molar-refractivity contribution in [2.75, 3.05) is 12.4 Å². The van der Waals surface area contributed by atoms with Gasteiger partial charge in [-0.3, -0.25) is 9.59 Å². The number of halogens is 2. The Morgan fingerprint density at radius 1 is 1.07 bits per heavy atom. The summed E-state index contributed by atoms with van der Waals surface area (Å²) in [6.45, 7) is 1.44. The van der Waals surface area contributed by atoms with Gasteiger partial charge in [-0.25, -0.2) is 4.39 Å². The second-order valence-electron chi connectivity index (χ2n) is 6.57. The molecular formula is C21H15ClFNO3S. The SMILES string of the molecule is COc1ccc(-c2c(Cl)sc3c2C(=O)C(C)(c2ccccc2F)C(=O)N3)cc1. The molecular weight excluding hydrogens is 401 g/mol. The quantitative estimate of drug-likeness (QED) is 0.590. The minimum absolute atomic E-state index is 0.0335. The van der Waals surface area contributed by atoms with Crippen molar-refractivity contribution in [1.29, 1.82) is 0 Å². The van der Waals surface area contributed by atoms with E-state index in [0.29, 0.717) is 31.8 Å². The van der Waals surface area contributed by atoms with Crippen molar-refractivity contribution in [3.8, 4) is 16.9 Å². The van der Waals surface area contributed by atoms with Gasteiger partial charge in [0.2, 0.25) is 5.91 Å². The summed E-state index contributed by atoms with van der Waals surface area (Å²) in [4.78, 5) is 26.4. The van der Waals surface area contributed by atoms with Crippen molar-refractivity contribution in [2.24, 2.45) is 0 Å². The highest BCUT2D eigenvalue weighted by atomic mass is 35.5. The first-order chi connectivity index (χ1) is 13.4. The van der Waals surface area contributed by atoms with Crippen LogP contribution in [-0.2, 0) is 10.2 Å². The highest BCUT2D eigenvalue weighted by Gasteiger charge is 2.50. The van der Waals surface area contributed by atoms with E-state index in [9.17, 15) is 14.0 Å². The predicted octanol–water partition coefficient (Wildman–Crippen LogP) is 5.31. The molecule has 4 rings (SSSR count). The third kappa shape index (κ3) is 2.64. The number of rotatable bonds is 3. The highest BCUT2D eigenvalue weighted by Crippen LogP contribution is 2.49. The fourth-order valence-corrected chi connectivity index (χ4v) is 4.79. The summed E-state index contributed by atoms with van der Waals surface area (Å²) in [5.74, 6) is -0.997. The summed E-state index contributed by atoms with van der Waals surface area (Å²) in [6.07, 6.45) is 0. The summed E-state index contributed by atoms with van der Waals surface area (Å²) in [6, 6.07) is 12.9. The molecule has 0 bridgehead atoms. The molecule has 1 atom stereocenters. The van der Waals surface area contributed by atoms with E-state index in [1.807, 2.05) is 0 Å². The fraction of sp³-hybridized carbons (Fsp3) is 0.143. The predicted molar refractivity (Wildman–Crippen MR) is 108 cm³/mol. The Labute approximate surface area is 169 Å². The van der Waals surface area contributed by atoms with Gasteiger partial charge in [0.05, 0.1) is 12.7 Å². The number of benzene rings is 2. The lowest BCUT2D eigenvalue weighted by molar-refractivity contribution is -0.119. The molecule has 1 unspecified atom stereocenters. The van der Waals surface area contributed by atoms with E-state index in [1.54, 1.807) is 37.4 Å². The van der Waals surface area contributed by atoms with Gasteiger partial charge >= 0.3 is 0 Å². The van der Waals surface area contributed by atoms with Gasteiger partial charge in [0.15, 0.2) is 5.78 Å². The molecule has 2 heterocycles. The lowest BCUT2D eigenvalue weighted by Gasteiger charge is -2.32. The average molecular weight is 416 g/mol. The summed E-state index contributed by atoms with van der Waals surface area (Å²) in [5.41, 5.74) is -0.124. The van der Waals surface area contributed by atoms with E-state index >= 15 is 0 Å². The van der Waals surface area contributed by atoms with Crippen LogP contribution in [0.4, 0.5) is 9.39 Å². The Morgan fingerprint density at radius 3 is 2.39 bits per heavy atom. The molecule has 4 nitrogen and oxygen atoms in total. The molecule has 7 heteroatoms. The molecule has 0 radical (unpaired) electrons. The van der Waals surface area contributed by atoms with Crippen LogP contribution >= 0.6 is 22.9 Å². The normalized spacial score (nSPS) is 18.6. The van der Waals surface area contributed by atoms with Crippen LogP contribution in [0.15, 0.2) is 48.5 Å². The van der Waals surface area contributed by atoms with Gasteiger partial charge in [-0.15, -0.1) is 11.3 Å². The number of carbonyl (C=O) groups excluding carboxylic acids is 2. The first-order valence-corrected chi connectivity index (χ1v) is 9.65. The first-order valence-electron chi connectivity index (χ1n) is 8.46. The Hall–Kier alpha value is -2.70. The Bertz CT molecular complexity index is 1110. The van der Waals surface area contributed by atoms with Gasteiger partial charge in [0.1, 0.15) is 26.3 Å². The number of fused-ring (bicyclic) bond motifs is 1. The topological polar surface area (TPSA) is 55.4 Å². The summed E-state index contributed by atoms with van der Waals surface area (Å²) < 4.78 is 20.0. The fourth-order valence-electron chi connectivity index (χ4n) is 3.42. The summed E-state index contributed by atoms with van der Waals surface area (Å²) in [5, 5.41) is 3.12. The number of methoxy groups -OCH3 is 1. The van der Waals surface area contributed by atoms with Crippen molar-refractivity contribution in [3.63, 3.8) is 0 Å². The molecule has 0 saturated carbocycles. The molecule has 0 saturated heterocycles. The second-order valence-corrected chi connectivity index (χ2v) is 8.19. The molecule has 1 aromatic heterocycles. The molecule has 0 aliphatic carbocycles. The molecule has 2 aromatic carbocycles. The maximum Gasteiger partial charge on any atom is 0.243 e. The third-order valence-corrected chi connectivity index (χ3v) is 6.33. The number of anilines is 1. The van der Waals surface area contributed by atoms with Crippen LogP contribution in [0.1, 0.15) is 22.8 Å². The van der Waals surface area contributed by atoms with Gasteiger partial charge in [-0.1, -0.05) is 41.9 Å². The number of thiophene rings is 1. The summed E-state index contributed by atoms with van der Waals surface area (Å²) >= 11 is 7.55. The van der Waals surface area contributed by atoms with Crippen molar-refractivity contribution < 1.29 is 18.7 Å². The average Bonchev–Trinajstić information content (AvgIpc) is 3.02. The maximum atomic E-state index is 14.5. The standard InChI is InChI=1S/C21H15ClFNO3S/c1-21(13-5-3-4-6-14(13)23)17(25)16-15(11-7-9-12(27-2)10-8-11)18(22)28-19(16)24-20(21)26/h3-10H,1-2H3,(H,24,26). The van der Waals surface area contributed by atoms with Gasteiger partial charge in [0.25, 0.3) is 0 Å². The van der Waals surface area contributed by atoms with Gasteiger partial charge in [-0.2, -0.15) is 0 Å².